The van der Waals surface area contributed by atoms with Crippen molar-refractivity contribution < 1.29 is 0 Å². The van der Waals surface area contributed by atoms with Crippen LogP contribution >= 0.6 is 22.9 Å². The summed E-state index contributed by atoms with van der Waals surface area (Å²) in [5.74, 6) is 7.12. The molecular formula is C17H18ClN3S. The van der Waals surface area contributed by atoms with Gasteiger partial charge in [0.25, 0.3) is 0 Å². The van der Waals surface area contributed by atoms with Crippen molar-refractivity contribution in [1.82, 2.24) is 9.97 Å². The highest BCUT2D eigenvalue weighted by Gasteiger charge is 2.15. The summed E-state index contributed by atoms with van der Waals surface area (Å²) < 4.78 is 0. The first-order valence-corrected chi connectivity index (χ1v) is 8.78. The molecule has 1 fully saturated rings. The fourth-order valence-corrected chi connectivity index (χ4v) is 3.49. The number of aryl methyl sites for hydroxylation is 1. The Labute approximate surface area is 140 Å². The summed E-state index contributed by atoms with van der Waals surface area (Å²) in [6.07, 6.45) is 7.93. The second kappa shape index (κ2) is 7.13. The van der Waals surface area contributed by atoms with Gasteiger partial charge in [0.05, 0.1) is 10.4 Å². The summed E-state index contributed by atoms with van der Waals surface area (Å²) in [6, 6.07) is 4.58. The van der Waals surface area contributed by atoms with E-state index in [9.17, 15) is 0 Å². The Morgan fingerprint density at radius 1 is 1.23 bits per heavy atom. The highest BCUT2D eigenvalue weighted by molar-refractivity contribution is 7.12. The summed E-state index contributed by atoms with van der Waals surface area (Å²) in [7, 11) is 0. The predicted molar refractivity (Wildman–Crippen MR) is 92.6 cm³/mol. The van der Waals surface area contributed by atoms with Gasteiger partial charge in [0.15, 0.2) is 0 Å². The lowest BCUT2D eigenvalue weighted by atomic mass is 9.95. The van der Waals surface area contributed by atoms with Crippen LogP contribution in [0.2, 0.25) is 5.28 Å². The van der Waals surface area contributed by atoms with E-state index in [0.717, 1.165) is 16.3 Å². The summed E-state index contributed by atoms with van der Waals surface area (Å²) >= 11 is 7.64. The van der Waals surface area contributed by atoms with Gasteiger partial charge in [0, 0.05) is 17.1 Å². The molecule has 0 atom stereocenters. The van der Waals surface area contributed by atoms with Gasteiger partial charge in [-0.05, 0) is 43.5 Å². The lowest BCUT2D eigenvalue weighted by Gasteiger charge is -2.23. The Balaban J connectivity index is 1.82. The standard InChI is InChI=1S/C17H18ClN3S/c1-12-7-9-15(22-12)10-8-13-11-19-17(18)21-16(13)20-14-5-3-2-4-6-14/h7,9,11,14H,2-6H2,1H3,(H,19,20,21). The van der Waals surface area contributed by atoms with Crippen molar-refractivity contribution >= 4 is 28.8 Å². The minimum Gasteiger partial charge on any atom is -0.366 e. The van der Waals surface area contributed by atoms with Crippen molar-refractivity contribution in [1.29, 1.82) is 0 Å². The van der Waals surface area contributed by atoms with E-state index in [2.05, 4.69) is 40.1 Å². The molecule has 2 heterocycles. The first-order chi connectivity index (χ1) is 10.7. The molecule has 1 N–H and O–H groups in total. The molecule has 1 aliphatic carbocycles. The maximum absolute atomic E-state index is 5.95. The quantitative estimate of drug-likeness (QED) is 0.643. The van der Waals surface area contributed by atoms with Crippen molar-refractivity contribution in [3.8, 4) is 11.8 Å². The number of anilines is 1. The number of hydrogen-bond donors (Lipinski definition) is 1. The summed E-state index contributed by atoms with van der Waals surface area (Å²) in [6.45, 7) is 2.08. The molecule has 0 unspecified atom stereocenters. The van der Waals surface area contributed by atoms with Crippen molar-refractivity contribution in [2.24, 2.45) is 0 Å². The Kier molecular flexibility index (Phi) is 4.97. The van der Waals surface area contributed by atoms with Gasteiger partial charge in [0.2, 0.25) is 5.28 Å². The molecule has 0 radical (unpaired) electrons. The molecule has 22 heavy (non-hydrogen) atoms. The van der Waals surface area contributed by atoms with Crippen LogP contribution in [0.4, 0.5) is 5.82 Å². The number of halogens is 1. The van der Waals surface area contributed by atoms with Crippen molar-refractivity contribution in [2.45, 2.75) is 45.1 Å². The minimum absolute atomic E-state index is 0.260. The normalized spacial score (nSPS) is 15.2. The largest absolute Gasteiger partial charge is 0.366 e. The van der Waals surface area contributed by atoms with Crippen LogP contribution in [0.1, 0.15) is 47.4 Å². The SMILES string of the molecule is Cc1ccc(C#Cc2cnc(Cl)nc2NC2CCCCC2)s1. The third-order valence-corrected chi connectivity index (χ3v) is 4.86. The predicted octanol–water partition coefficient (Wildman–Crippen LogP) is 4.64. The maximum atomic E-state index is 5.95. The topological polar surface area (TPSA) is 37.8 Å². The molecule has 0 aromatic carbocycles. The number of aromatic nitrogens is 2. The molecular weight excluding hydrogens is 314 g/mol. The first kappa shape index (κ1) is 15.3. The molecule has 1 aliphatic rings. The van der Waals surface area contributed by atoms with Crippen molar-refractivity contribution in [3.63, 3.8) is 0 Å². The highest BCUT2D eigenvalue weighted by Crippen LogP contribution is 2.23. The molecule has 5 heteroatoms. The second-order valence-electron chi connectivity index (χ2n) is 5.54. The molecule has 0 spiro atoms. The Bertz CT molecular complexity index is 708. The van der Waals surface area contributed by atoms with E-state index >= 15 is 0 Å². The number of thiophene rings is 1. The molecule has 0 aliphatic heterocycles. The van der Waals surface area contributed by atoms with E-state index in [1.165, 1.54) is 37.0 Å². The van der Waals surface area contributed by atoms with E-state index in [0.29, 0.717) is 6.04 Å². The van der Waals surface area contributed by atoms with Gasteiger partial charge in [-0.2, -0.15) is 4.98 Å². The third kappa shape index (κ3) is 4.00. The van der Waals surface area contributed by atoms with Gasteiger partial charge in [-0.25, -0.2) is 4.98 Å². The van der Waals surface area contributed by atoms with Crippen LogP contribution in [-0.2, 0) is 0 Å². The molecule has 3 rings (SSSR count). The molecule has 0 saturated heterocycles. The maximum Gasteiger partial charge on any atom is 0.224 e. The molecule has 0 amide bonds. The fraction of sp³-hybridized carbons (Fsp3) is 0.412. The van der Waals surface area contributed by atoms with Gasteiger partial charge in [0.1, 0.15) is 5.82 Å². The van der Waals surface area contributed by atoms with Gasteiger partial charge < -0.3 is 5.32 Å². The van der Waals surface area contributed by atoms with E-state index in [1.807, 2.05) is 6.07 Å². The summed E-state index contributed by atoms with van der Waals surface area (Å²) in [4.78, 5) is 10.7. The van der Waals surface area contributed by atoms with Crippen LogP contribution in [0.5, 0.6) is 0 Å². The zero-order valence-corrected chi connectivity index (χ0v) is 14.1. The second-order valence-corrected chi connectivity index (χ2v) is 7.17. The molecule has 0 bridgehead atoms. The number of hydrogen-bond acceptors (Lipinski definition) is 4. The minimum atomic E-state index is 0.260. The van der Waals surface area contributed by atoms with Crippen molar-refractivity contribution in [2.75, 3.05) is 5.32 Å². The average molecular weight is 332 g/mol. The van der Waals surface area contributed by atoms with Crippen molar-refractivity contribution in [3.05, 3.63) is 38.9 Å². The van der Waals surface area contributed by atoms with E-state index < -0.39 is 0 Å². The summed E-state index contributed by atoms with van der Waals surface area (Å²) in [5.41, 5.74) is 0.807. The Hall–Kier alpha value is -1.57. The third-order valence-electron chi connectivity index (χ3n) is 3.77. The van der Waals surface area contributed by atoms with Gasteiger partial charge in [-0.15, -0.1) is 11.3 Å². The number of nitrogens with one attached hydrogen (secondary N) is 1. The van der Waals surface area contributed by atoms with E-state index in [-0.39, 0.29) is 5.28 Å². The van der Waals surface area contributed by atoms with Gasteiger partial charge in [-0.3, -0.25) is 0 Å². The van der Waals surface area contributed by atoms with Crippen LogP contribution in [0, 0.1) is 18.8 Å². The van der Waals surface area contributed by atoms with Gasteiger partial charge >= 0.3 is 0 Å². The van der Waals surface area contributed by atoms with Gasteiger partial charge in [-0.1, -0.05) is 31.1 Å². The van der Waals surface area contributed by atoms with Crippen LogP contribution in [0.3, 0.4) is 0 Å². The molecule has 114 valence electrons. The van der Waals surface area contributed by atoms with Crippen LogP contribution in [0.15, 0.2) is 18.3 Å². The van der Waals surface area contributed by atoms with E-state index in [4.69, 9.17) is 11.6 Å². The zero-order chi connectivity index (χ0) is 15.4. The summed E-state index contributed by atoms with van der Waals surface area (Å²) in [5, 5.41) is 3.76. The molecule has 2 aromatic rings. The molecule has 1 saturated carbocycles. The molecule has 3 nitrogen and oxygen atoms in total. The smallest absolute Gasteiger partial charge is 0.224 e. The number of nitrogens with zero attached hydrogens (tertiary/aromatic N) is 2. The van der Waals surface area contributed by atoms with Crippen LogP contribution in [-0.4, -0.2) is 16.0 Å². The first-order valence-electron chi connectivity index (χ1n) is 7.58. The fourth-order valence-electron chi connectivity index (χ4n) is 2.63. The van der Waals surface area contributed by atoms with Crippen LogP contribution < -0.4 is 5.32 Å². The monoisotopic (exact) mass is 331 g/mol. The Morgan fingerprint density at radius 3 is 2.77 bits per heavy atom. The Morgan fingerprint density at radius 2 is 2.05 bits per heavy atom. The highest BCUT2D eigenvalue weighted by atomic mass is 35.5. The number of rotatable bonds is 2. The molecule has 2 aromatic heterocycles. The lowest BCUT2D eigenvalue weighted by molar-refractivity contribution is 0.461. The average Bonchev–Trinajstić information content (AvgIpc) is 2.93. The van der Waals surface area contributed by atoms with Crippen LogP contribution in [0.25, 0.3) is 0 Å². The lowest BCUT2D eigenvalue weighted by Crippen LogP contribution is -2.23. The zero-order valence-electron chi connectivity index (χ0n) is 12.5. The van der Waals surface area contributed by atoms with E-state index in [1.54, 1.807) is 17.5 Å².